The van der Waals surface area contributed by atoms with Crippen LogP contribution in [0.15, 0.2) is 107 Å². The molecule has 5 rings (SSSR count). The predicted molar refractivity (Wildman–Crippen MR) is 178 cm³/mol. The molecular formula is C36H37N5O6. The van der Waals surface area contributed by atoms with Crippen molar-refractivity contribution < 1.29 is 28.8 Å². The molecule has 11 heteroatoms. The second-order valence-corrected chi connectivity index (χ2v) is 10.9. The minimum atomic E-state index is -1.49. The highest BCUT2D eigenvalue weighted by Gasteiger charge is 2.53. The van der Waals surface area contributed by atoms with Crippen LogP contribution in [0.25, 0.3) is 10.4 Å². The first-order chi connectivity index (χ1) is 23.0. The van der Waals surface area contributed by atoms with Gasteiger partial charge in [-0.1, -0.05) is 53.6 Å². The van der Waals surface area contributed by atoms with E-state index in [1.165, 1.54) is 0 Å². The summed E-state index contributed by atoms with van der Waals surface area (Å²) in [6, 6.07) is 29.4. The van der Waals surface area contributed by atoms with Gasteiger partial charge in [0.2, 0.25) is 5.90 Å². The molecule has 0 aliphatic carbocycles. The van der Waals surface area contributed by atoms with E-state index >= 15 is 0 Å². The fourth-order valence-electron chi connectivity index (χ4n) is 5.48. The zero-order valence-corrected chi connectivity index (χ0v) is 26.3. The third kappa shape index (κ3) is 7.84. The summed E-state index contributed by atoms with van der Waals surface area (Å²) >= 11 is 0. The lowest BCUT2D eigenvalue weighted by Gasteiger charge is -2.31. The highest BCUT2D eigenvalue weighted by Crippen LogP contribution is 2.44. The molecule has 0 radical (unpaired) electrons. The lowest BCUT2D eigenvalue weighted by atomic mass is 9.81. The average Bonchev–Trinajstić information content (AvgIpc) is 3.50. The standard InChI is InChI=1S/C36H37N5O6/c1-44-30-11-5-8-25(22-30)18-19-38-35(43)36(24-28-9-3-4-13-32(28)40-41-37)33(27-10-6-12-31(23-27)45-2)47-34(39-36)26-14-16-29(17-15-26)46-21-7-20-42/h3-6,8-17,22-23,33,42H,7,18-21,24H2,1-2H3,(H,38,43)/t33-,36-/m1/s1. The Morgan fingerprint density at radius 3 is 2.47 bits per heavy atom. The van der Waals surface area contributed by atoms with Gasteiger partial charge in [-0.2, -0.15) is 0 Å². The minimum absolute atomic E-state index is 0.0425. The maximum atomic E-state index is 14.6. The molecule has 0 spiro atoms. The van der Waals surface area contributed by atoms with Gasteiger partial charge in [0.25, 0.3) is 5.91 Å². The van der Waals surface area contributed by atoms with Crippen molar-refractivity contribution in [3.63, 3.8) is 0 Å². The van der Waals surface area contributed by atoms with Gasteiger partial charge in [-0.15, -0.1) is 0 Å². The number of carbonyl (C=O) groups is 1. The van der Waals surface area contributed by atoms with Crippen LogP contribution in [-0.2, 0) is 22.4 Å². The summed E-state index contributed by atoms with van der Waals surface area (Å²) in [4.78, 5) is 22.7. The van der Waals surface area contributed by atoms with Gasteiger partial charge in [-0.25, -0.2) is 4.99 Å². The molecule has 4 aromatic carbocycles. The Labute approximate surface area is 273 Å². The summed E-state index contributed by atoms with van der Waals surface area (Å²) in [5.74, 6) is 1.91. The zero-order chi connectivity index (χ0) is 33.1. The van der Waals surface area contributed by atoms with Crippen LogP contribution in [-0.4, -0.2) is 56.4 Å². The summed E-state index contributed by atoms with van der Waals surface area (Å²) in [6.45, 7) is 0.761. The highest BCUT2D eigenvalue weighted by molar-refractivity contribution is 6.01. The number of nitrogens with one attached hydrogen (secondary N) is 1. The smallest absolute Gasteiger partial charge is 0.252 e. The highest BCUT2D eigenvalue weighted by atomic mass is 16.5. The van der Waals surface area contributed by atoms with Crippen molar-refractivity contribution in [2.75, 3.05) is 34.0 Å². The number of amides is 1. The second-order valence-electron chi connectivity index (χ2n) is 10.9. The summed E-state index contributed by atoms with van der Waals surface area (Å²) < 4.78 is 23.2. The maximum Gasteiger partial charge on any atom is 0.252 e. The lowest BCUT2D eigenvalue weighted by Crippen LogP contribution is -2.50. The van der Waals surface area contributed by atoms with Crippen LogP contribution in [0.5, 0.6) is 17.2 Å². The largest absolute Gasteiger partial charge is 0.497 e. The van der Waals surface area contributed by atoms with Gasteiger partial charge in [0.15, 0.2) is 11.6 Å². The SMILES string of the molecule is COc1cccc(CCNC(=O)[C@]2(Cc3ccccc3N=[N+]=[N-])N=C(c3ccc(OCCCO)cc3)O[C@@H]2c2cccc(OC)c2)c1. The van der Waals surface area contributed by atoms with Crippen LogP contribution < -0.4 is 19.5 Å². The van der Waals surface area contributed by atoms with Crippen molar-refractivity contribution in [1.29, 1.82) is 0 Å². The maximum absolute atomic E-state index is 14.6. The van der Waals surface area contributed by atoms with E-state index in [0.29, 0.717) is 59.9 Å². The molecule has 1 heterocycles. The molecule has 0 unspecified atom stereocenters. The van der Waals surface area contributed by atoms with E-state index in [9.17, 15) is 10.3 Å². The van der Waals surface area contributed by atoms with Crippen molar-refractivity contribution in [2.24, 2.45) is 10.1 Å². The Bertz CT molecular complexity index is 1750. The fourth-order valence-corrected chi connectivity index (χ4v) is 5.48. The number of azide groups is 1. The molecule has 0 fully saturated rings. The van der Waals surface area contributed by atoms with Crippen molar-refractivity contribution in [3.05, 3.63) is 130 Å². The van der Waals surface area contributed by atoms with Gasteiger partial charge in [-0.05, 0) is 77.2 Å². The van der Waals surface area contributed by atoms with Crippen molar-refractivity contribution in [2.45, 2.75) is 30.9 Å². The topological polar surface area (TPSA) is 147 Å². The molecule has 0 bridgehead atoms. The van der Waals surface area contributed by atoms with Crippen LogP contribution in [0.4, 0.5) is 5.69 Å². The number of rotatable bonds is 15. The normalized spacial score (nSPS) is 16.7. The van der Waals surface area contributed by atoms with E-state index in [1.54, 1.807) is 38.5 Å². The van der Waals surface area contributed by atoms with Crippen LogP contribution in [0, 0.1) is 0 Å². The predicted octanol–water partition coefficient (Wildman–Crippen LogP) is 6.27. The summed E-state index contributed by atoms with van der Waals surface area (Å²) in [7, 11) is 3.19. The number of hydrogen-bond donors (Lipinski definition) is 2. The summed E-state index contributed by atoms with van der Waals surface area (Å²) in [5.41, 5.74) is 11.2. The van der Waals surface area contributed by atoms with E-state index in [-0.39, 0.29) is 24.8 Å². The van der Waals surface area contributed by atoms with Crippen molar-refractivity contribution >= 4 is 17.5 Å². The molecule has 2 N–H and O–H groups in total. The number of aliphatic hydroxyl groups is 1. The molecule has 1 amide bonds. The average molecular weight is 636 g/mol. The van der Waals surface area contributed by atoms with Gasteiger partial charge in [0, 0.05) is 42.2 Å². The summed E-state index contributed by atoms with van der Waals surface area (Å²) in [5, 5.41) is 16.1. The number of carbonyl (C=O) groups excluding carboxylic acids is 1. The number of aliphatic hydroxyl groups excluding tert-OH is 1. The van der Waals surface area contributed by atoms with Gasteiger partial charge in [0.05, 0.1) is 20.8 Å². The third-order valence-electron chi connectivity index (χ3n) is 7.86. The molecule has 1 aliphatic rings. The monoisotopic (exact) mass is 635 g/mol. The van der Waals surface area contributed by atoms with E-state index < -0.39 is 11.6 Å². The fraction of sp³-hybridized carbons (Fsp3) is 0.278. The van der Waals surface area contributed by atoms with Gasteiger partial charge < -0.3 is 29.4 Å². The molecule has 0 saturated heterocycles. The zero-order valence-electron chi connectivity index (χ0n) is 26.3. The van der Waals surface area contributed by atoms with Gasteiger partial charge in [-0.3, -0.25) is 4.79 Å². The lowest BCUT2D eigenvalue weighted by molar-refractivity contribution is -0.128. The third-order valence-corrected chi connectivity index (χ3v) is 7.86. The Morgan fingerprint density at radius 1 is 0.979 bits per heavy atom. The molecule has 0 aromatic heterocycles. The van der Waals surface area contributed by atoms with Crippen molar-refractivity contribution in [1.82, 2.24) is 5.32 Å². The molecule has 0 saturated carbocycles. The van der Waals surface area contributed by atoms with Crippen LogP contribution in [0.1, 0.15) is 34.8 Å². The molecule has 1 aliphatic heterocycles. The van der Waals surface area contributed by atoms with Gasteiger partial charge in [0.1, 0.15) is 17.2 Å². The molecule has 47 heavy (non-hydrogen) atoms. The Morgan fingerprint density at radius 2 is 1.72 bits per heavy atom. The number of benzene rings is 4. The number of methoxy groups -OCH3 is 2. The minimum Gasteiger partial charge on any atom is -0.497 e. The molecule has 2 atom stereocenters. The van der Waals surface area contributed by atoms with E-state index in [1.807, 2.05) is 72.8 Å². The number of nitrogens with zero attached hydrogens (tertiary/aromatic N) is 4. The van der Waals surface area contributed by atoms with E-state index in [2.05, 4.69) is 15.3 Å². The first-order valence-corrected chi connectivity index (χ1v) is 15.3. The molecule has 4 aromatic rings. The summed E-state index contributed by atoms with van der Waals surface area (Å²) in [6.07, 6.45) is 0.310. The van der Waals surface area contributed by atoms with Crippen LogP contribution in [0.3, 0.4) is 0 Å². The first kappa shape index (κ1) is 32.9. The van der Waals surface area contributed by atoms with E-state index in [4.69, 9.17) is 29.0 Å². The second kappa shape index (κ2) is 15.7. The molecule has 242 valence electrons. The Hall–Kier alpha value is -5.51. The molecule has 11 nitrogen and oxygen atoms in total. The van der Waals surface area contributed by atoms with Crippen LogP contribution in [0.2, 0.25) is 0 Å². The number of aliphatic imine (C=N–C) groups is 1. The van der Waals surface area contributed by atoms with E-state index in [0.717, 1.165) is 11.3 Å². The number of hydrogen-bond acceptors (Lipinski definition) is 8. The number of ether oxygens (including phenoxy) is 4. The Kier molecular flexibility index (Phi) is 11.0. The van der Waals surface area contributed by atoms with Crippen molar-refractivity contribution in [3.8, 4) is 17.2 Å². The Balaban J connectivity index is 1.56. The molecular weight excluding hydrogens is 598 g/mol. The van der Waals surface area contributed by atoms with Crippen LogP contribution >= 0.6 is 0 Å². The first-order valence-electron chi connectivity index (χ1n) is 15.3. The van der Waals surface area contributed by atoms with Gasteiger partial charge >= 0.3 is 0 Å². The quantitative estimate of drug-likeness (QED) is 0.0682.